The highest BCUT2D eigenvalue weighted by atomic mass is 79.9. The van der Waals surface area contributed by atoms with Crippen molar-refractivity contribution in [1.29, 1.82) is 0 Å². The number of likely N-dealkylation sites (tertiary alicyclic amines) is 1. The van der Waals surface area contributed by atoms with Gasteiger partial charge < -0.3 is 5.32 Å². The van der Waals surface area contributed by atoms with E-state index in [2.05, 4.69) is 39.6 Å². The second kappa shape index (κ2) is 7.42. The molecule has 88 valence electrons. The fourth-order valence-electron chi connectivity index (χ4n) is 2.07. The monoisotopic (exact) mass is 274 g/mol. The maximum atomic E-state index is 3.89. The van der Waals surface area contributed by atoms with Gasteiger partial charge in [0.15, 0.2) is 0 Å². The van der Waals surface area contributed by atoms with Crippen LogP contribution in [0.4, 0.5) is 0 Å². The SMILES string of the molecule is C=C(Br)CN1CCC(CNCCC)CC1. The molecule has 1 rings (SSSR count). The van der Waals surface area contributed by atoms with Gasteiger partial charge in [0.2, 0.25) is 0 Å². The molecule has 0 saturated carbocycles. The van der Waals surface area contributed by atoms with Gasteiger partial charge in [0.25, 0.3) is 0 Å². The van der Waals surface area contributed by atoms with Crippen LogP contribution >= 0.6 is 15.9 Å². The lowest BCUT2D eigenvalue weighted by Gasteiger charge is -2.31. The second-order valence-electron chi connectivity index (χ2n) is 4.44. The summed E-state index contributed by atoms with van der Waals surface area (Å²) in [6.07, 6.45) is 3.90. The molecule has 0 aliphatic carbocycles. The molecule has 0 unspecified atom stereocenters. The van der Waals surface area contributed by atoms with Crippen LogP contribution < -0.4 is 5.32 Å². The minimum absolute atomic E-state index is 0.886. The van der Waals surface area contributed by atoms with Crippen LogP contribution in [0.5, 0.6) is 0 Å². The molecule has 2 nitrogen and oxygen atoms in total. The number of nitrogens with one attached hydrogen (secondary N) is 1. The Hall–Kier alpha value is 0.140. The Morgan fingerprint density at radius 3 is 2.67 bits per heavy atom. The van der Waals surface area contributed by atoms with Crippen molar-refractivity contribution in [2.24, 2.45) is 5.92 Å². The number of nitrogens with zero attached hydrogens (tertiary/aromatic N) is 1. The van der Waals surface area contributed by atoms with E-state index in [4.69, 9.17) is 0 Å². The summed E-state index contributed by atoms with van der Waals surface area (Å²) in [5.41, 5.74) is 0. The largest absolute Gasteiger partial charge is 0.316 e. The van der Waals surface area contributed by atoms with Crippen molar-refractivity contribution in [1.82, 2.24) is 10.2 Å². The van der Waals surface area contributed by atoms with Gasteiger partial charge in [-0.05, 0) is 51.4 Å². The van der Waals surface area contributed by atoms with Crippen LogP contribution in [0.3, 0.4) is 0 Å². The van der Waals surface area contributed by atoms with Crippen LogP contribution in [0.25, 0.3) is 0 Å². The quantitative estimate of drug-likeness (QED) is 0.750. The van der Waals surface area contributed by atoms with Crippen LogP contribution in [-0.2, 0) is 0 Å². The molecule has 1 heterocycles. The standard InChI is InChI=1S/C12H23BrN2/c1-3-6-14-9-12-4-7-15(8-5-12)10-11(2)13/h12,14H,2-10H2,1H3. The first-order chi connectivity index (χ1) is 7.22. The van der Waals surface area contributed by atoms with Gasteiger partial charge in [0.05, 0.1) is 0 Å². The molecule has 1 saturated heterocycles. The maximum Gasteiger partial charge on any atom is 0.0293 e. The van der Waals surface area contributed by atoms with Gasteiger partial charge in [0, 0.05) is 11.0 Å². The first kappa shape index (κ1) is 13.2. The van der Waals surface area contributed by atoms with Crippen molar-refractivity contribution in [3.8, 4) is 0 Å². The third-order valence-corrected chi connectivity index (χ3v) is 3.21. The molecule has 0 spiro atoms. The van der Waals surface area contributed by atoms with Gasteiger partial charge >= 0.3 is 0 Å². The van der Waals surface area contributed by atoms with Gasteiger partial charge in [-0.3, -0.25) is 4.90 Å². The first-order valence-corrected chi connectivity index (χ1v) is 6.78. The topological polar surface area (TPSA) is 15.3 Å². The zero-order valence-corrected chi connectivity index (χ0v) is 11.4. The highest BCUT2D eigenvalue weighted by Crippen LogP contribution is 2.17. The Bertz CT molecular complexity index is 186. The van der Waals surface area contributed by atoms with Crippen molar-refractivity contribution in [2.75, 3.05) is 32.7 Å². The fraction of sp³-hybridized carbons (Fsp3) is 0.833. The number of hydrogen-bond acceptors (Lipinski definition) is 2. The first-order valence-electron chi connectivity index (χ1n) is 5.98. The molecule has 0 aromatic heterocycles. The molecule has 0 atom stereocenters. The molecule has 0 bridgehead atoms. The third kappa shape index (κ3) is 5.69. The molecule has 0 amide bonds. The lowest BCUT2D eigenvalue weighted by Crippen LogP contribution is -2.37. The smallest absolute Gasteiger partial charge is 0.0293 e. The van der Waals surface area contributed by atoms with Crippen LogP contribution in [0.2, 0.25) is 0 Å². The van der Waals surface area contributed by atoms with Gasteiger partial charge in [-0.1, -0.05) is 29.4 Å². The van der Waals surface area contributed by atoms with E-state index in [9.17, 15) is 0 Å². The number of piperidine rings is 1. The van der Waals surface area contributed by atoms with E-state index >= 15 is 0 Å². The molecule has 0 aromatic carbocycles. The molecule has 15 heavy (non-hydrogen) atoms. The maximum absolute atomic E-state index is 3.89. The summed E-state index contributed by atoms with van der Waals surface area (Å²) >= 11 is 3.43. The van der Waals surface area contributed by atoms with E-state index in [-0.39, 0.29) is 0 Å². The fourth-order valence-corrected chi connectivity index (χ4v) is 2.43. The van der Waals surface area contributed by atoms with Gasteiger partial charge in [0.1, 0.15) is 0 Å². The van der Waals surface area contributed by atoms with Crippen LogP contribution in [0.15, 0.2) is 11.1 Å². The predicted octanol–water partition coefficient (Wildman–Crippen LogP) is 2.61. The van der Waals surface area contributed by atoms with Gasteiger partial charge in [-0.15, -0.1) is 0 Å². The molecule has 0 aromatic rings. The second-order valence-corrected chi connectivity index (χ2v) is 5.56. The summed E-state index contributed by atoms with van der Waals surface area (Å²) in [6, 6.07) is 0. The van der Waals surface area contributed by atoms with Crippen molar-refractivity contribution >= 4 is 15.9 Å². The molecule has 1 fully saturated rings. The summed E-state index contributed by atoms with van der Waals surface area (Å²) in [7, 11) is 0. The van der Waals surface area contributed by atoms with Crippen LogP contribution in [0.1, 0.15) is 26.2 Å². The third-order valence-electron chi connectivity index (χ3n) is 2.96. The van der Waals surface area contributed by atoms with Gasteiger partial charge in [-0.2, -0.15) is 0 Å². The molecule has 1 aliphatic rings. The lowest BCUT2D eigenvalue weighted by atomic mass is 9.97. The zero-order chi connectivity index (χ0) is 11.1. The minimum atomic E-state index is 0.886. The molecule has 1 aliphatic heterocycles. The number of halogens is 1. The molecule has 1 N–H and O–H groups in total. The van der Waals surface area contributed by atoms with Crippen molar-refractivity contribution < 1.29 is 0 Å². The van der Waals surface area contributed by atoms with Crippen molar-refractivity contribution in [3.63, 3.8) is 0 Å². The van der Waals surface area contributed by atoms with E-state index in [0.29, 0.717) is 0 Å². The van der Waals surface area contributed by atoms with E-state index in [1.807, 2.05) is 0 Å². The summed E-state index contributed by atoms with van der Waals surface area (Å²) in [5, 5.41) is 3.52. The average Bonchev–Trinajstić information content (AvgIpc) is 2.20. The number of rotatable bonds is 6. The van der Waals surface area contributed by atoms with Crippen molar-refractivity contribution in [2.45, 2.75) is 26.2 Å². The highest BCUT2D eigenvalue weighted by Gasteiger charge is 2.18. The predicted molar refractivity (Wildman–Crippen MR) is 70.4 cm³/mol. The average molecular weight is 275 g/mol. The molecular formula is C12H23BrN2. The van der Waals surface area contributed by atoms with E-state index in [0.717, 1.165) is 16.9 Å². The summed E-state index contributed by atoms with van der Waals surface area (Å²) < 4.78 is 1.10. The van der Waals surface area contributed by atoms with E-state index in [1.165, 1.54) is 45.4 Å². The van der Waals surface area contributed by atoms with Crippen LogP contribution in [-0.4, -0.2) is 37.6 Å². The van der Waals surface area contributed by atoms with Gasteiger partial charge in [-0.25, -0.2) is 0 Å². The summed E-state index contributed by atoms with van der Waals surface area (Å²) in [6.45, 7) is 11.9. The summed E-state index contributed by atoms with van der Waals surface area (Å²) in [5.74, 6) is 0.886. The Labute approximate surface area is 102 Å². The van der Waals surface area contributed by atoms with E-state index < -0.39 is 0 Å². The number of hydrogen-bond donors (Lipinski definition) is 1. The molecule has 0 radical (unpaired) electrons. The highest BCUT2D eigenvalue weighted by molar-refractivity contribution is 9.11. The zero-order valence-electron chi connectivity index (χ0n) is 9.77. The Balaban J connectivity index is 2.10. The van der Waals surface area contributed by atoms with Crippen LogP contribution in [0, 0.1) is 5.92 Å². The Morgan fingerprint density at radius 1 is 1.47 bits per heavy atom. The van der Waals surface area contributed by atoms with E-state index in [1.54, 1.807) is 0 Å². The molecule has 3 heteroatoms. The van der Waals surface area contributed by atoms with Crippen molar-refractivity contribution in [3.05, 3.63) is 11.1 Å². The Morgan fingerprint density at radius 2 is 2.13 bits per heavy atom. The normalized spacial score (nSPS) is 19.3. The molecular weight excluding hydrogens is 252 g/mol. The summed E-state index contributed by atoms with van der Waals surface area (Å²) in [4.78, 5) is 2.48. The Kier molecular flexibility index (Phi) is 6.53. The minimum Gasteiger partial charge on any atom is -0.316 e. The lowest BCUT2D eigenvalue weighted by molar-refractivity contribution is 0.197.